The molecular formula is C15H13ClN2O2. The van der Waals surface area contributed by atoms with Gasteiger partial charge in [0, 0.05) is 12.1 Å². The van der Waals surface area contributed by atoms with Gasteiger partial charge in [0.15, 0.2) is 11.5 Å². The van der Waals surface area contributed by atoms with E-state index in [9.17, 15) is 5.11 Å². The topological polar surface area (TPSA) is 65.3 Å². The van der Waals surface area contributed by atoms with Crippen LogP contribution in [0.2, 0.25) is 5.02 Å². The lowest BCUT2D eigenvalue weighted by Gasteiger charge is -2.11. The Bertz CT molecular complexity index is 665. The van der Waals surface area contributed by atoms with Crippen molar-refractivity contribution in [1.29, 1.82) is 5.26 Å². The van der Waals surface area contributed by atoms with Gasteiger partial charge < -0.3 is 15.2 Å². The van der Waals surface area contributed by atoms with Gasteiger partial charge >= 0.3 is 0 Å². The molecule has 0 unspecified atom stereocenters. The van der Waals surface area contributed by atoms with Crippen molar-refractivity contribution in [2.45, 2.75) is 6.54 Å². The molecule has 0 aliphatic carbocycles. The van der Waals surface area contributed by atoms with Crippen LogP contribution in [0.4, 0.5) is 5.69 Å². The van der Waals surface area contributed by atoms with Crippen LogP contribution in [0.1, 0.15) is 11.1 Å². The Morgan fingerprint density at radius 3 is 2.80 bits per heavy atom. The third-order valence-electron chi connectivity index (χ3n) is 2.87. The van der Waals surface area contributed by atoms with Crippen LogP contribution in [0.15, 0.2) is 36.4 Å². The summed E-state index contributed by atoms with van der Waals surface area (Å²) >= 11 is 6.07. The van der Waals surface area contributed by atoms with Crippen molar-refractivity contribution in [3.63, 3.8) is 0 Å². The first-order chi connectivity index (χ1) is 9.65. The molecule has 0 aliphatic heterocycles. The van der Waals surface area contributed by atoms with Crippen LogP contribution in [0.5, 0.6) is 11.5 Å². The van der Waals surface area contributed by atoms with Crippen molar-refractivity contribution in [3.8, 4) is 17.6 Å². The van der Waals surface area contributed by atoms with Crippen LogP contribution in [0, 0.1) is 11.3 Å². The molecule has 0 heterocycles. The average Bonchev–Trinajstić information content (AvgIpc) is 2.47. The van der Waals surface area contributed by atoms with E-state index in [1.54, 1.807) is 36.4 Å². The van der Waals surface area contributed by atoms with E-state index >= 15 is 0 Å². The summed E-state index contributed by atoms with van der Waals surface area (Å²) in [4.78, 5) is 0. The molecule has 0 radical (unpaired) electrons. The van der Waals surface area contributed by atoms with Crippen LogP contribution >= 0.6 is 11.6 Å². The Morgan fingerprint density at radius 2 is 2.15 bits per heavy atom. The number of hydrogen-bond donors (Lipinski definition) is 2. The first-order valence-electron chi connectivity index (χ1n) is 5.94. The van der Waals surface area contributed by atoms with Gasteiger partial charge in [0.25, 0.3) is 0 Å². The highest BCUT2D eigenvalue weighted by Gasteiger charge is 2.08. The minimum atomic E-state index is 0.104. The molecule has 4 nitrogen and oxygen atoms in total. The van der Waals surface area contributed by atoms with E-state index < -0.39 is 0 Å². The predicted octanol–water partition coefficient (Wildman–Crippen LogP) is 3.54. The van der Waals surface area contributed by atoms with E-state index in [1.165, 1.54) is 7.11 Å². The van der Waals surface area contributed by atoms with E-state index in [4.69, 9.17) is 21.6 Å². The maximum absolute atomic E-state index is 9.98. The Hall–Kier alpha value is -2.38. The fourth-order valence-corrected chi connectivity index (χ4v) is 2.04. The van der Waals surface area contributed by atoms with Gasteiger partial charge in [0.1, 0.15) is 0 Å². The number of methoxy groups -OCH3 is 1. The lowest BCUT2D eigenvalue weighted by molar-refractivity contribution is 0.371. The van der Waals surface area contributed by atoms with Gasteiger partial charge in [-0.1, -0.05) is 23.7 Å². The third-order valence-corrected chi connectivity index (χ3v) is 3.18. The molecule has 0 saturated carbocycles. The summed E-state index contributed by atoms with van der Waals surface area (Å²) in [6, 6.07) is 12.3. The second kappa shape index (κ2) is 6.18. The number of nitrogens with zero attached hydrogens (tertiary/aromatic N) is 1. The monoisotopic (exact) mass is 288 g/mol. The summed E-state index contributed by atoms with van der Waals surface area (Å²) in [6.07, 6.45) is 0. The molecule has 20 heavy (non-hydrogen) atoms. The van der Waals surface area contributed by atoms with Crippen molar-refractivity contribution in [1.82, 2.24) is 0 Å². The number of phenolic OH excluding ortho intramolecular Hbond substituents is 1. The summed E-state index contributed by atoms with van der Waals surface area (Å²) in [7, 11) is 1.50. The van der Waals surface area contributed by atoms with E-state index in [0.717, 1.165) is 0 Å². The van der Waals surface area contributed by atoms with Crippen LogP contribution in [-0.4, -0.2) is 12.2 Å². The van der Waals surface area contributed by atoms with Crippen molar-refractivity contribution >= 4 is 17.3 Å². The molecule has 2 rings (SSSR count). The smallest absolute Gasteiger partial charge is 0.162 e. The number of ether oxygens (including phenoxy) is 1. The molecule has 0 bridgehead atoms. The van der Waals surface area contributed by atoms with Gasteiger partial charge in [0.2, 0.25) is 0 Å². The number of halogens is 1. The van der Waals surface area contributed by atoms with Crippen molar-refractivity contribution in [2.75, 3.05) is 12.4 Å². The number of phenols is 1. The highest BCUT2D eigenvalue weighted by atomic mass is 35.5. The molecule has 2 aromatic carbocycles. The first-order valence-corrected chi connectivity index (χ1v) is 6.32. The van der Waals surface area contributed by atoms with Crippen LogP contribution in [-0.2, 0) is 6.54 Å². The van der Waals surface area contributed by atoms with Gasteiger partial charge in [0.05, 0.1) is 29.5 Å². The van der Waals surface area contributed by atoms with Gasteiger partial charge in [-0.05, 0) is 24.3 Å². The summed E-state index contributed by atoms with van der Waals surface area (Å²) in [5.41, 5.74) is 1.91. The van der Waals surface area contributed by atoms with Crippen LogP contribution < -0.4 is 10.1 Å². The zero-order chi connectivity index (χ0) is 14.5. The van der Waals surface area contributed by atoms with Crippen LogP contribution in [0.3, 0.4) is 0 Å². The number of nitriles is 1. The summed E-state index contributed by atoms with van der Waals surface area (Å²) in [5, 5.41) is 22.3. The molecule has 5 heteroatoms. The molecule has 102 valence electrons. The van der Waals surface area contributed by atoms with Gasteiger partial charge in [-0.3, -0.25) is 0 Å². The van der Waals surface area contributed by atoms with Gasteiger partial charge in [-0.2, -0.15) is 5.26 Å². The molecule has 0 fully saturated rings. The number of hydrogen-bond acceptors (Lipinski definition) is 4. The predicted molar refractivity (Wildman–Crippen MR) is 78.2 cm³/mol. The maximum atomic E-state index is 9.98. The van der Waals surface area contributed by atoms with Crippen LogP contribution in [0.25, 0.3) is 0 Å². The lowest BCUT2D eigenvalue weighted by Crippen LogP contribution is -2.01. The van der Waals surface area contributed by atoms with Crippen molar-refractivity contribution in [2.24, 2.45) is 0 Å². The molecule has 0 amide bonds. The number of rotatable bonds is 4. The van der Waals surface area contributed by atoms with Crippen molar-refractivity contribution in [3.05, 3.63) is 52.5 Å². The molecule has 0 aliphatic rings. The minimum Gasteiger partial charge on any atom is -0.504 e. The molecule has 2 N–H and O–H groups in total. The quantitative estimate of drug-likeness (QED) is 0.903. The Balaban J connectivity index is 2.15. The maximum Gasteiger partial charge on any atom is 0.162 e. The molecule has 0 saturated heterocycles. The van der Waals surface area contributed by atoms with Crippen molar-refractivity contribution < 1.29 is 9.84 Å². The normalized spacial score (nSPS) is 9.85. The number of anilines is 1. The Kier molecular flexibility index (Phi) is 4.34. The zero-order valence-electron chi connectivity index (χ0n) is 10.9. The Labute approximate surface area is 122 Å². The van der Waals surface area contributed by atoms with Gasteiger partial charge in [-0.25, -0.2) is 0 Å². The van der Waals surface area contributed by atoms with Gasteiger partial charge in [-0.15, -0.1) is 0 Å². The molecule has 2 aromatic rings. The summed E-state index contributed by atoms with van der Waals surface area (Å²) in [6.45, 7) is 0.397. The number of benzene rings is 2. The lowest BCUT2D eigenvalue weighted by atomic mass is 10.1. The number of aromatic hydroxyl groups is 1. The molecule has 0 spiro atoms. The van der Waals surface area contributed by atoms with E-state index in [-0.39, 0.29) is 5.75 Å². The fraction of sp³-hybridized carbons (Fsp3) is 0.133. The highest BCUT2D eigenvalue weighted by Crippen LogP contribution is 2.30. The van der Waals surface area contributed by atoms with E-state index in [2.05, 4.69) is 5.32 Å². The summed E-state index contributed by atoms with van der Waals surface area (Å²) in [5.74, 6) is 0.530. The SMILES string of the molecule is COc1cccc(CNc2ccc(C#N)cc2Cl)c1O. The zero-order valence-corrected chi connectivity index (χ0v) is 11.6. The molecule has 0 atom stereocenters. The first kappa shape index (κ1) is 14.0. The average molecular weight is 289 g/mol. The van der Waals surface area contributed by atoms with E-state index in [0.29, 0.717) is 34.1 Å². The largest absolute Gasteiger partial charge is 0.504 e. The summed E-state index contributed by atoms with van der Waals surface area (Å²) < 4.78 is 5.05. The Morgan fingerprint density at radius 1 is 1.35 bits per heavy atom. The number of para-hydroxylation sites is 1. The third kappa shape index (κ3) is 2.95. The number of nitrogens with one attached hydrogen (secondary N) is 1. The second-order valence-corrected chi connectivity index (χ2v) is 4.54. The molecule has 0 aromatic heterocycles. The second-order valence-electron chi connectivity index (χ2n) is 4.13. The molecular weight excluding hydrogens is 276 g/mol. The minimum absolute atomic E-state index is 0.104. The standard InChI is InChI=1S/C15H13ClN2O2/c1-20-14-4-2-3-11(15(14)19)9-18-13-6-5-10(8-17)7-12(13)16/h2-7,18-19H,9H2,1H3. The van der Waals surface area contributed by atoms with E-state index in [1.807, 2.05) is 6.07 Å². The fourth-order valence-electron chi connectivity index (χ4n) is 1.79. The highest BCUT2D eigenvalue weighted by molar-refractivity contribution is 6.33.